The van der Waals surface area contributed by atoms with Crippen molar-refractivity contribution in [2.75, 3.05) is 25.1 Å². The fraction of sp³-hybridized carbons (Fsp3) is 0.500. The highest BCUT2D eigenvalue weighted by molar-refractivity contribution is 5.44. The van der Waals surface area contributed by atoms with Crippen LogP contribution >= 0.6 is 0 Å². The van der Waals surface area contributed by atoms with E-state index in [0.717, 1.165) is 0 Å². The molecule has 116 valence electrons. The molecule has 0 unspecified atom stereocenters. The largest absolute Gasteiger partial charge is 0.453 e. The average molecular weight is 311 g/mol. The summed E-state index contributed by atoms with van der Waals surface area (Å²) >= 11 is 0. The van der Waals surface area contributed by atoms with Crippen LogP contribution in [-0.4, -0.2) is 46.0 Å². The zero-order chi connectivity index (χ0) is 15.5. The molecule has 2 heterocycles. The van der Waals surface area contributed by atoms with Crippen LogP contribution in [0.4, 0.5) is 27.8 Å². The van der Waals surface area contributed by atoms with Crippen molar-refractivity contribution in [3.63, 3.8) is 0 Å². The maximum absolute atomic E-state index is 12.6. The van der Waals surface area contributed by atoms with Crippen molar-refractivity contribution < 1.29 is 26.7 Å². The number of rotatable bonds is 6. The van der Waals surface area contributed by atoms with Gasteiger partial charge in [-0.15, -0.1) is 15.3 Å². The predicted molar refractivity (Wildman–Crippen MR) is 61.1 cm³/mol. The lowest BCUT2D eigenvalue weighted by Gasteiger charge is -2.07. The van der Waals surface area contributed by atoms with Gasteiger partial charge in [-0.3, -0.25) is 0 Å². The molecular formula is C10H10F5N5O. The molecule has 0 atom stereocenters. The first-order valence-electron chi connectivity index (χ1n) is 5.77. The zero-order valence-corrected chi connectivity index (χ0v) is 10.4. The van der Waals surface area contributed by atoms with E-state index < -0.39 is 25.0 Å². The van der Waals surface area contributed by atoms with Gasteiger partial charge >= 0.3 is 6.18 Å². The molecule has 2 aromatic rings. The van der Waals surface area contributed by atoms with Gasteiger partial charge in [-0.1, -0.05) is 0 Å². The number of fused-ring (bicyclic) bond motifs is 1. The molecule has 2 aromatic heterocycles. The Morgan fingerprint density at radius 1 is 1.24 bits per heavy atom. The van der Waals surface area contributed by atoms with Gasteiger partial charge in [0.2, 0.25) is 0 Å². The Morgan fingerprint density at radius 3 is 2.67 bits per heavy atom. The lowest BCUT2D eigenvalue weighted by molar-refractivity contribution is -0.146. The summed E-state index contributed by atoms with van der Waals surface area (Å²) in [6, 6.07) is 2.70. The minimum atomic E-state index is -4.68. The van der Waals surface area contributed by atoms with E-state index in [1.807, 2.05) is 0 Å². The third-order valence-electron chi connectivity index (χ3n) is 2.31. The molecule has 0 bridgehead atoms. The molecule has 0 spiro atoms. The van der Waals surface area contributed by atoms with Gasteiger partial charge in [-0.05, 0) is 12.1 Å². The van der Waals surface area contributed by atoms with E-state index in [1.165, 1.54) is 12.1 Å². The molecule has 11 heteroatoms. The summed E-state index contributed by atoms with van der Waals surface area (Å²) in [5.41, 5.74) is -0.0539. The zero-order valence-electron chi connectivity index (χ0n) is 10.4. The molecule has 0 aliphatic rings. The van der Waals surface area contributed by atoms with Crippen molar-refractivity contribution in [3.8, 4) is 0 Å². The average Bonchev–Trinajstić information content (AvgIpc) is 2.80. The van der Waals surface area contributed by atoms with Crippen molar-refractivity contribution in [2.45, 2.75) is 12.6 Å². The first-order chi connectivity index (χ1) is 9.88. The van der Waals surface area contributed by atoms with Gasteiger partial charge in [0.1, 0.15) is 12.4 Å². The van der Waals surface area contributed by atoms with E-state index in [2.05, 4.69) is 25.3 Å². The number of nitrogens with one attached hydrogen (secondary N) is 1. The van der Waals surface area contributed by atoms with Crippen LogP contribution in [0.2, 0.25) is 0 Å². The molecule has 6 nitrogen and oxygen atoms in total. The van der Waals surface area contributed by atoms with Crippen molar-refractivity contribution in [3.05, 3.63) is 18.0 Å². The van der Waals surface area contributed by atoms with Crippen molar-refractivity contribution in [1.82, 2.24) is 19.8 Å². The standard InChI is InChI=1S/C10H10F5N5O/c11-6(12)5-21-4-3-16-7-1-2-8-17-18-9(10(13,14)15)20(8)19-7/h1-2,6H,3-5H2,(H,16,19). The Morgan fingerprint density at radius 2 is 2.00 bits per heavy atom. The van der Waals surface area contributed by atoms with Crippen LogP contribution in [0.25, 0.3) is 5.65 Å². The van der Waals surface area contributed by atoms with Gasteiger partial charge in [-0.25, -0.2) is 8.78 Å². The van der Waals surface area contributed by atoms with Crippen LogP contribution in [0.5, 0.6) is 0 Å². The number of anilines is 1. The third-order valence-corrected chi connectivity index (χ3v) is 2.31. The van der Waals surface area contributed by atoms with E-state index in [1.54, 1.807) is 0 Å². The second-order valence-corrected chi connectivity index (χ2v) is 3.90. The molecule has 21 heavy (non-hydrogen) atoms. The fourth-order valence-electron chi connectivity index (χ4n) is 1.48. The Kier molecular flexibility index (Phi) is 4.50. The molecular weight excluding hydrogens is 301 g/mol. The molecule has 0 aliphatic heterocycles. The van der Waals surface area contributed by atoms with Crippen molar-refractivity contribution in [1.29, 1.82) is 0 Å². The molecule has 0 saturated carbocycles. The van der Waals surface area contributed by atoms with Crippen molar-refractivity contribution in [2.24, 2.45) is 0 Å². The first kappa shape index (κ1) is 15.4. The monoisotopic (exact) mass is 311 g/mol. The van der Waals surface area contributed by atoms with Crippen LogP contribution in [0.15, 0.2) is 12.1 Å². The van der Waals surface area contributed by atoms with Gasteiger partial charge < -0.3 is 10.1 Å². The normalized spacial score (nSPS) is 12.3. The summed E-state index contributed by atoms with van der Waals surface area (Å²) in [6.45, 7) is -0.606. The highest BCUT2D eigenvalue weighted by Gasteiger charge is 2.37. The molecule has 0 amide bonds. The van der Waals surface area contributed by atoms with E-state index in [4.69, 9.17) is 0 Å². The molecule has 0 radical (unpaired) electrons. The second kappa shape index (κ2) is 6.16. The van der Waals surface area contributed by atoms with Crippen LogP contribution in [0.1, 0.15) is 5.82 Å². The van der Waals surface area contributed by atoms with E-state index in [0.29, 0.717) is 4.52 Å². The topological polar surface area (TPSA) is 64.3 Å². The van der Waals surface area contributed by atoms with Gasteiger partial charge in [0.15, 0.2) is 5.65 Å². The van der Waals surface area contributed by atoms with Crippen molar-refractivity contribution >= 4 is 11.5 Å². The minimum Gasteiger partial charge on any atom is -0.374 e. The summed E-state index contributed by atoms with van der Waals surface area (Å²) in [6.07, 6.45) is -7.24. The van der Waals surface area contributed by atoms with E-state index in [9.17, 15) is 22.0 Å². The Hall–Kier alpha value is -2.04. The lowest BCUT2D eigenvalue weighted by atomic mass is 10.5. The third kappa shape index (κ3) is 3.97. The summed E-state index contributed by atoms with van der Waals surface area (Å²) in [5, 5.41) is 12.7. The Balaban J connectivity index is 2.01. The molecule has 0 saturated heterocycles. The number of ether oxygens (including phenoxy) is 1. The predicted octanol–water partition coefficient (Wildman–Crippen LogP) is 1.84. The first-order valence-corrected chi connectivity index (χ1v) is 5.77. The van der Waals surface area contributed by atoms with E-state index >= 15 is 0 Å². The molecule has 0 aliphatic carbocycles. The fourth-order valence-corrected chi connectivity index (χ4v) is 1.48. The number of hydrogen-bond acceptors (Lipinski definition) is 5. The van der Waals surface area contributed by atoms with Crippen LogP contribution in [0, 0.1) is 0 Å². The SMILES string of the molecule is FC(F)COCCNc1ccc2nnc(C(F)(F)F)n2n1. The Bertz CT molecular complexity index is 599. The molecule has 0 fully saturated rings. The quantitative estimate of drug-likeness (QED) is 0.651. The Labute approximate surface area is 114 Å². The number of halogens is 5. The summed E-state index contributed by atoms with van der Waals surface area (Å²) < 4.78 is 66.7. The van der Waals surface area contributed by atoms with Gasteiger partial charge in [0.05, 0.1) is 6.61 Å². The number of alkyl halides is 5. The molecule has 2 rings (SSSR count). The highest BCUT2D eigenvalue weighted by Crippen LogP contribution is 2.27. The lowest BCUT2D eigenvalue weighted by Crippen LogP contribution is -2.16. The minimum absolute atomic E-state index is 0.0294. The smallest absolute Gasteiger partial charge is 0.374 e. The molecule has 1 N–H and O–H groups in total. The van der Waals surface area contributed by atoms with Crippen LogP contribution in [-0.2, 0) is 10.9 Å². The van der Waals surface area contributed by atoms with Gasteiger partial charge in [0, 0.05) is 6.54 Å². The van der Waals surface area contributed by atoms with Crippen LogP contribution in [0.3, 0.4) is 0 Å². The summed E-state index contributed by atoms with van der Waals surface area (Å²) in [7, 11) is 0. The van der Waals surface area contributed by atoms with Crippen LogP contribution < -0.4 is 5.32 Å². The van der Waals surface area contributed by atoms with E-state index in [-0.39, 0.29) is 24.6 Å². The maximum Gasteiger partial charge on any atom is 0.453 e. The summed E-state index contributed by atoms with van der Waals surface area (Å²) in [4.78, 5) is 0. The van der Waals surface area contributed by atoms with Gasteiger partial charge in [0.25, 0.3) is 12.2 Å². The second-order valence-electron chi connectivity index (χ2n) is 3.90. The number of nitrogens with zero attached hydrogens (tertiary/aromatic N) is 4. The molecule has 0 aromatic carbocycles. The summed E-state index contributed by atoms with van der Waals surface area (Å²) in [5.74, 6) is -1.12. The maximum atomic E-state index is 12.6. The number of hydrogen-bond donors (Lipinski definition) is 1. The highest BCUT2D eigenvalue weighted by atomic mass is 19.4. The number of aromatic nitrogens is 4. The van der Waals surface area contributed by atoms with Gasteiger partial charge in [-0.2, -0.15) is 17.7 Å².